The zero-order chi connectivity index (χ0) is 17.5. The highest BCUT2D eigenvalue weighted by atomic mass is 16.5. The Balaban J connectivity index is 1.74. The summed E-state index contributed by atoms with van der Waals surface area (Å²) in [5.74, 6) is 0. The number of pyridine rings is 1. The topological polar surface area (TPSA) is 54.5 Å². The molecule has 2 aromatic rings. The lowest BCUT2D eigenvalue weighted by molar-refractivity contribution is 0.152. The molecule has 1 heterocycles. The molecule has 1 aromatic carbocycles. The molecule has 132 valence electrons. The zero-order valence-electron chi connectivity index (χ0n) is 14.7. The first kappa shape index (κ1) is 17.4. The second-order valence-corrected chi connectivity index (χ2v) is 6.32. The van der Waals surface area contributed by atoms with E-state index in [4.69, 9.17) is 4.74 Å². The lowest BCUT2D eigenvalue weighted by Gasteiger charge is -2.25. The predicted molar refractivity (Wildman–Crippen MR) is 98.6 cm³/mol. The van der Waals surface area contributed by atoms with Gasteiger partial charge in [-0.1, -0.05) is 18.2 Å². The Kier molecular flexibility index (Phi) is 6.01. The Hall–Kier alpha value is -2.40. The maximum absolute atomic E-state index is 12.8. The average Bonchev–Trinajstić information content (AvgIpc) is 2.66. The van der Waals surface area contributed by atoms with Gasteiger partial charge >= 0.3 is 6.03 Å². The van der Waals surface area contributed by atoms with E-state index in [9.17, 15) is 4.79 Å². The summed E-state index contributed by atoms with van der Waals surface area (Å²) in [4.78, 5) is 18.9. The minimum atomic E-state index is -0.110. The Labute approximate surface area is 149 Å². The summed E-state index contributed by atoms with van der Waals surface area (Å²) in [5, 5.41) is 3.10. The highest BCUT2D eigenvalue weighted by Gasteiger charge is 2.18. The second-order valence-electron chi connectivity index (χ2n) is 6.32. The SMILES string of the molecule is COCCN(Cc1ccccn1)C(=O)Nc1cccc2c1CCCC2. The molecule has 0 aliphatic heterocycles. The van der Waals surface area contributed by atoms with Crippen LogP contribution in [0, 0.1) is 0 Å². The van der Waals surface area contributed by atoms with Crippen LogP contribution < -0.4 is 5.32 Å². The number of anilines is 1. The number of benzene rings is 1. The molecule has 5 heteroatoms. The van der Waals surface area contributed by atoms with Gasteiger partial charge in [0.25, 0.3) is 0 Å². The maximum atomic E-state index is 12.8. The minimum Gasteiger partial charge on any atom is -0.383 e. The number of nitrogens with zero attached hydrogens (tertiary/aromatic N) is 2. The standard InChI is InChI=1S/C20H25N3O2/c1-25-14-13-23(15-17-9-4-5-12-21-17)20(24)22-19-11-6-8-16-7-2-3-10-18(16)19/h4-6,8-9,11-12H,2-3,7,10,13-15H2,1H3,(H,22,24). The molecule has 0 radical (unpaired) electrons. The fraction of sp³-hybridized carbons (Fsp3) is 0.400. The number of amides is 2. The van der Waals surface area contributed by atoms with E-state index in [1.807, 2.05) is 30.3 Å². The summed E-state index contributed by atoms with van der Waals surface area (Å²) in [6, 6.07) is 11.8. The monoisotopic (exact) mass is 339 g/mol. The van der Waals surface area contributed by atoms with Gasteiger partial charge < -0.3 is 15.0 Å². The van der Waals surface area contributed by atoms with Crippen LogP contribution in [-0.4, -0.2) is 36.2 Å². The molecule has 0 spiro atoms. The Bertz CT molecular complexity index is 703. The molecule has 0 fully saturated rings. The van der Waals surface area contributed by atoms with E-state index in [0.29, 0.717) is 19.7 Å². The van der Waals surface area contributed by atoms with E-state index in [1.54, 1.807) is 18.2 Å². The van der Waals surface area contributed by atoms with Crippen LogP contribution in [0.4, 0.5) is 10.5 Å². The molecule has 1 N–H and O–H groups in total. The molecule has 1 aromatic heterocycles. The van der Waals surface area contributed by atoms with Gasteiger partial charge in [-0.2, -0.15) is 0 Å². The predicted octanol–water partition coefficient (Wildman–Crippen LogP) is 3.64. The summed E-state index contributed by atoms with van der Waals surface area (Å²) in [5.41, 5.74) is 4.44. The Morgan fingerprint density at radius 3 is 2.88 bits per heavy atom. The van der Waals surface area contributed by atoms with E-state index < -0.39 is 0 Å². The number of hydrogen-bond acceptors (Lipinski definition) is 3. The van der Waals surface area contributed by atoms with Crippen molar-refractivity contribution < 1.29 is 9.53 Å². The van der Waals surface area contributed by atoms with Crippen molar-refractivity contribution in [2.24, 2.45) is 0 Å². The quantitative estimate of drug-likeness (QED) is 0.874. The van der Waals surface area contributed by atoms with Gasteiger partial charge in [0, 0.05) is 25.5 Å². The fourth-order valence-electron chi connectivity index (χ4n) is 3.23. The van der Waals surface area contributed by atoms with Crippen molar-refractivity contribution in [1.82, 2.24) is 9.88 Å². The van der Waals surface area contributed by atoms with Gasteiger partial charge in [0.05, 0.1) is 18.8 Å². The van der Waals surface area contributed by atoms with Crippen LogP contribution in [0.5, 0.6) is 0 Å². The third-order valence-electron chi connectivity index (χ3n) is 4.57. The molecule has 3 rings (SSSR count). The van der Waals surface area contributed by atoms with E-state index in [0.717, 1.165) is 24.2 Å². The van der Waals surface area contributed by atoms with Crippen molar-refractivity contribution in [3.05, 3.63) is 59.4 Å². The fourth-order valence-corrected chi connectivity index (χ4v) is 3.23. The van der Waals surface area contributed by atoms with Gasteiger partial charge in [-0.05, 0) is 55.0 Å². The number of fused-ring (bicyclic) bond motifs is 1. The Morgan fingerprint density at radius 1 is 1.20 bits per heavy atom. The Morgan fingerprint density at radius 2 is 2.08 bits per heavy atom. The van der Waals surface area contributed by atoms with Gasteiger partial charge in [-0.3, -0.25) is 4.98 Å². The number of methoxy groups -OCH3 is 1. The maximum Gasteiger partial charge on any atom is 0.322 e. The normalized spacial score (nSPS) is 13.2. The number of urea groups is 1. The van der Waals surface area contributed by atoms with Gasteiger partial charge in [-0.25, -0.2) is 4.79 Å². The molecule has 0 saturated heterocycles. The highest BCUT2D eigenvalue weighted by molar-refractivity contribution is 5.90. The number of carbonyl (C=O) groups excluding carboxylic acids is 1. The van der Waals surface area contributed by atoms with Crippen molar-refractivity contribution in [2.45, 2.75) is 32.2 Å². The van der Waals surface area contributed by atoms with Crippen LogP contribution in [0.2, 0.25) is 0 Å². The molecule has 5 nitrogen and oxygen atoms in total. The largest absolute Gasteiger partial charge is 0.383 e. The molecule has 0 unspecified atom stereocenters. The third kappa shape index (κ3) is 4.57. The lowest BCUT2D eigenvalue weighted by atomic mass is 9.90. The summed E-state index contributed by atoms with van der Waals surface area (Å²) >= 11 is 0. The molecular weight excluding hydrogens is 314 g/mol. The van der Waals surface area contributed by atoms with Crippen LogP contribution in [0.15, 0.2) is 42.6 Å². The van der Waals surface area contributed by atoms with Gasteiger partial charge in [0.15, 0.2) is 0 Å². The first-order valence-electron chi connectivity index (χ1n) is 8.83. The van der Waals surface area contributed by atoms with Gasteiger partial charge in [0.1, 0.15) is 0 Å². The number of rotatable bonds is 6. The number of ether oxygens (including phenoxy) is 1. The van der Waals surface area contributed by atoms with Crippen LogP contribution in [0.3, 0.4) is 0 Å². The van der Waals surface area contributed by atoms with Crippen LogP contribution >= 0.6 is 0 Å². The smallest absolute Gasteiger partial charge is 0.322 e. The summed E-state index contributed by atoms with van der Waals surface area (Å²) in [7, 11) is 1.64. The van der Waals surface area contributed by atoms with Crippen LogP contribution in [-0.2, 0) is 24.1 Å². The van der Waals surface area contributed by atoms with Crippen LogP contribution in [0.1, 0.15) is 29.7 Å². The molecule has 0 saturated carbocycles. The average molecular weight is 339 g/mol. The van der Waals surface area contributed by atoms with E-state index in [-0.39, 0.29) is 6.03 Å². The van der Waals surface area contributed by atoms with E-state index in [2.05, 4.69) is 16.4 Å². The number of aromatic nitrogens is 1. The first-order chi connectivity index (χ1) is 12.3. The number of hydrogen-bond donors (Lipinski definition) is 1. The minimum absolute atomic E-state index is 0.110. The first-order valence-corrected chi connectivity index (χ1v) is 8.83. The van der Waals surface area contributed by atoms with Crippen LogP contribution in [0.25, 0.3) is 0 Å². The second kappa shape index (κ2) is 8.62. The number of nitrogens with one attached hydrogen (secondary N) is 1. The number of aryl methyl sites for hydroxylation is 1. The molecule has 0 bridgehead atoms. The molecule has 2 amide bonds. The molecule has 1 aliphatic rings. The van der Waals surface area contributed by atoms with E-state index >= 15 is 0 Å². The molecular formula is C20H25N3O2. The summed E-state index contributed by atoms with van der Waals surface area (Å²) in [6.07, 6.45) is 6.28. The van der Waals surface area contributed by atoms with Crippen molar-refractivity contribution in [3.8, 4) is 0 Å². The molecule has 1 aliphatic carbocycles. The zero-order valence-corrected chi connectivity index (χ0v) is 14.7. The third-order valence-corrected chi connectivity index (χ3v) is 4.57. The lowest BCUT2D eigenvalue weighted by Crippen LogP contribution is -2.37. The van der Waals surface area contributed by atoms with Crippen molar-refractivity contribution in [1.29, 1.82) is 0 Å². The molecule has 25 heavy (non-hydrogen) atoms. The van der Waals surface area contributed by atoms with Crippen molar-refractivity contribution >= 4 is 11.7 Å². The van der Waals surface area contributed by atoms with Crippen molar-refractivity contribution in [2.75, 3.05) is 25.6 Å². The van der Waals surface area contributed by atoms with Gasteiger partial charge in [0.2, 0.25) is 0 Å². The van der Waals surface area contributed by atoms with E-state index in [1.165, 1.54) is 24.0 Å². The summed E-state index contributed by atoms with van der Waals surface area (Å²) in [6.45, 7) is 1.48. The van der Waals surface area contributed by atoms with Gasteiger partial charge in [-0.15, -0.1) is 0 Å². The number of carbonyl (C=O) groups is 1. The highest BCUT2D eigenvalue weighted by Crippen LogP contribution is 2.28. The molecule has 0 atom stereocenters. The summed E-state index contributed by atoms with van der Waals surface area (Å²) < 4.78 is 5.16. The van der Waals surface area contributed by atoms with Crippen molar-refractivity contribution in [3.63, 3.8) is 0 Å².